The summed E-state index contributed by atoms with van der Waals surface area (Å²) in [4.78, 5) is 31.3. The van der Waals surface area contributed by atoms with E-state index < -0.39 is 0 Å². The first-order valence-corrected chi connectivity index (χ1v) is 6.31. The molecule has 1 amide bonds. The van der Waals surface area contributed by atoms with Gasteiger partial charge in [-0.2, -0.15) is 0 Å². The highest BCUT2D eigenvalue weighted by molar-refractivity contribution is 7.13. The third kappa shape index (κ3) is 3.01. The smallest absolute Gasteiger partial charge is 0.253 e. The Labute approximate surface area is 107 Å². The maximum Gasteiger partial charge on any atom is 0.253 e. The summed E-state index contributed by atoms with van der Waals surface area (Å²) in [6.45, 7) is 1.86. The second kappa shape index (κ2) is 5.54. The zero-order valence-corrected chi connectivity index (χ0v) is 10.6. The van der Waals surface area contributed by atoms with E-state index in [1.165, 1.54) is 28.3 Å². The van der Waals surface area contributed by atoms with Crippen molar-refractivity contribution in [3.63, 3.8) is 0 Å². The minimum Gasteiger partial charge on any atom is -0.300 e. The van der Waals surface area contributed by atoms with Crippen LogP contribution in [0.1, 0.15) is 12.6 Å². The largest absolute Gasteiger partial charge is 0.300 e. The molecule has 0 bridgehead atoms. The number of carbonyl (C=O) groups excluding carboxylic acids is 1. The van der Waals surface area contributed by atoms with Crippen molar-refractivity contribution in [2.24, 2.45) is 0 Å². The second-order valence-corrected chi connectivity index (χ2v) is 4.48. The fourth-order valence-corrected chi connectivity index (χ4v) is 1.92. The molecule has 2 heterocycles. The van der Waals surface area contributed by atoms with Gasteiger partial charge in [0.2, 0.25) is 5.91 Å². The molecule has 7 heteroatoms. The lowest BCUT2D eigenvalue weighted by molar-refractivity contribution is -0.116. The van der Waals surface area contributed by atoms with Crippen molar-refractivity contribution in [1.29, 1.82) is 0 Å². The molecule has 0 saturated carbocycles. The molecule has 0 spiro atoms. The van der Waals surface area contributed by atoms with E-state index >= 15 is 0 Å². The van der Waals surface area contributed by atoms with Crippen LogP contribution in [0.5, 0.6) is 0 Å². The number of hydrogen-bond donors (Lipinski definition) is 1. The van der Waals surface area contributed by atoms with Crippen LogP contribution in [0.15, 0.2) is 28.8 Å². The van der Waals surface area contributed by atoms with Crippen molar-refractivity contribution in [2.75, 3.05) is 5.32 Å². The van der Waals surface area contributed by atoms with E-state index in [2.05, 4.69) is 15.3 Å². The summed E-state index contributed by atoms with van der Waals surface area (Å²) in [5.74, 6) is -0.293. The molecule has 0 radical (unpaired) electrons. The van der Waals surface area contributed by atoms with Crippen molar-refractivity contribution < 1.29 is 4.79 Å². The van der Waals surface area contributed by atoms with E-state index in [4.69, 9.17) is 0 Å². The third-order valence-corrected chi connectivity index (χ3v) is 2.98. The molecule has 0 atom stereocenters. The Balaban J connectivity index is 2.05. The van der Waals surface area contributed by atoms with Crippen molar-refractivity contribution in [1.82, 2.24) is 14.5 Å². The Kier molecular flexibility index (Phi) is 3.83. The van der Waals surface area contributed by atoms with Gasteiger partial charge in [-0.1, -0.05) is 6.92 Å². The predicted molar refractivity (Wildman–Crippen MR) is 68.6 cm³/mol. The van der Waals surface area contributed by atoms with Gasteiger partial charge in [0.15, 0.2) is 5.13 Å². The average Bonchev–Trinajstić information content (AvgIpc) is 2.84. The van der Waals surface area contributed by atoms with Gasteiger partial charge in [-0.25, -0.2) is 9.97 Å². The number of thiazole rings is 1. The monoisotopic (exact) mass is 264 g/mol. The molecule has 0 aliphatic carbocycles. The zero-order chi connectivity index (χ0) is 13.0. The minimum absolute atomic E-state index is 0.0601. The summed E-state index contributed by atoms with van der Waals surface area (Å²) in [6, 6.07) is 1.44. The Morgan fingerprint density at radius 3 is 2.94 bits per heavy atom. The van der Waals surface area contributed by atoms with Crippen LogP contribution in [0, 0.1) is 0 Å². The van der Waals surface area contributed by atoms with Crippen LogP contribution in [0.4, 0.5) is 5.13 Å². The highest BCUT2D eigenvalue weighted by Gasteiger charge is 2.07. The summed E-state index contributed by atoms with van der Waals surface area (Å²) in [5.41, 5.74) is 0.493. The SMILES string of the molecule is CCc1cc(=O)n(CC(=O)Nc2nccs2)cn1. The van der Waals surface area contributed by atoms with Crippen LogP contribution in [-0.2, 0) is 17.8 Å². The Morgan fingerprint density at radius 1 is 1.50 bits per heavy atom. The molecule has 0 aromatic carbocycles. The van der Waals surface area contributed by atoms with Crippen LogP contribution < -0.4 is 10.9 Å². The standard InChI is InChI=1S/C11H12N4O2S/c1-2-8-5-10(17)15(7-13-8)6-9(16)14-11-12-3-4-18-11/h3-5,7H,2,6H2,1H3,(H,12,14,16). The molecule has 0 unspecified atom stereocenters. The van der Waals surface area contributed by atoms with Gasteiger partial charge in [-0.3, -0.25) is 14.2 Å². The molecule has 6 nitrogen and oxygen atoms in total. The van der Waals surface area contributed by atoms with E-state index in [9.17, 15) is 9.59 Å². The first-order valence-electron chi connectivity index (χ1n) is 5.43. The highest BCUT2D eigenvalue weighted by atomic mass is 32.1. The Morgan fingerprint density at radius 2 is 2.33 bits per heavy atom. The fourth-order valence-electron chi connectivity index (χ4n) is 1.37. The number of nitrogens with zero attached hydrogens (tertiary/aromatic N) is 3. The highest BCUT2D eigenvalue weighted by Crippen LogP contribution is 2.09. The fraction of sp³-hybridized carbons (Fsp3) is 0.273. The summed E-state index contributed by atoms with van der Waals surface area (Å²) in [6.07, 6.45) is 3.69. The number of aromatic nitrogens is 3. The van der Waals surface area contributed by atoms with Gasteiger partial charge in [0.05, 0.1) is 6.33 Å². The van der Waals surface area contributed by atoms with Crippen molar-refractivity contribution in [3.8, 4) is 0 Å². The van der Waals surface area contributed by atoms with Crippen LogP contribution in [0.2, 0.25) is 0 Å². The quantitative estimate of drug-likeness (QED) is 0.890. The normalized spacial score (nSPS) is 10.3. The van der Waals surface area contributed by atoms with Gasteiger partial charge in [-0.15, -0.1) is 11.3 Å². The van der Waals surface area contributed by atoms with Crippen molar-refractivity contribution >= 4 is 22.4 Å². The van der Waals surface area contributed by atoms with E-state index in [1.807, 2.05) is 6.92 Å². The Bertz CT molecular complexity index is 591. The zero-order valence-electron chi connectivity index (χ0n) is 9.79. The molecule has 0 saturated heterocycles. The summed E-state index contributed by atoms with van der Waals surface area (Å²) in [7, 11) is 0. The molecule has 2 aromatic heterocycles. The lowest BCUT2D eigenvalue weighted by Crippen LogP contribution is -2.27. The summed E-state index contributed by atoms with van der Waals surface area (Å²) in [5, 5.41) is 4.89. The maximum absolute atomic E-state index is 11.7. The Hall–Kier alpha value is -2.02. The molecule has 2 rings (SSSR count). The number of rotatable bonds is 4. The predicted octanol–water partition coefficient (Wildman–Crippen LogP) is 0.901. The number of amides is 1. The van der Waals surface area contributed by atoms with E-state index in [0.717, 1.165) is 5.69 Å². The van der Waals surface area contributed by atoms with Gasteiger partial charge >= 0.3 is 0 Å². The van der Waals surface area contributed by atoms with Crippen LogP contribution in [0.25, 0.3) is 0 Å². The van der Waals surface area contributed by atoms with Gasteiger partial charge < -0.3 is 5.32 Å². The lowest BCUT2D eigenvalue weighted by Gasteiger charge is -2.05. The maximum atomic E-state index is 11.7. The number of aryl methyl sites for hydroxylation is 1. The number of anilines is 1. The van der Waals surface area contributed by atoms with Crippen LogP contribution in [-0.4, -0.2) is 20.4 Å². The third-order valence-electron chi connectivity index (χ3n) is 2.29. The first-order chi connectivity index (χ1) is 8.69. The summed E-state index contributed by atoms with van der Waals surface area (Å²) < 4.78 is 1.27. The number of nitrogens with one attached hydrogen (secondary N) is 1. The molecule has 2 aromatic rings. The average molecular weight is 264 g/mol. The van der Waals surface area contributed by atoms with Gasteiger partial charge in [-0.05, 0) is 6.42 Å². The van der Waals surface area contributed by atoms with Crippen molar-refractivity contribution in [3.05, 3.63) is 40.0 Å². The second-order valence-electron chi connectivity index (χ2n) is 3.59. The number of carbonyl (C=O) groups is 1. The van der Waals surface area contributed by atoms with Crippen molar-refractivity contribution in [2.45, 2.75) is 19.9 Å². The minimum atomic E-state index is -0.293. The molecule has 0 aliphatic rings. The lowest BCUT2D eigenvalue weighted by atomic mass is 10.3. The molecule has 1 N–H and O–H groups in total. The number of hydrogen-bond acceptors (Lipinski definition) is 5. The van der Waals surface area contributed by atoms with E-state index in [-0.39, 0.29) is 18.0 Å². The molecule has 94 valence electrons. The molecular formula is C11H12N4O2S. The topological polar surface area (TPSA) is 76.9 Å². The van der Waals surface area contributed by atoms with E-state index in [0.29, 0.717) is 11.6 Å². The molecule has 0 aliphatic heterocycles. The van der Waals surface area contributed by atoms with Gasteiger partial charge in [0.1, 0.15) is 6.54 Å². The van der Waals surface area contributed by atoms with Gasteiger partial charge in [0, 0.05) is 23.3 Å². The molecule has 0 fully saturated rings. The summed E-state index contributed by atoms with van der Waals surface area (Å²) >= 11 is 1.33. The molecular weight excluding hydrogens is 252 g/mol. The molecule has 18 heavy (non-hydrogen) atoms. The van der Waals surface area contributed by atoms with E-state index in [1.54, 1.807) is 11.6 Å². The van der Waals surface area contributed by atoms with Crippen LogP contribution >= 0.6 is 11.3 Å². The van der Waals surface area contributed by atoms with Crippen LogP contribution in [0.3, 0.4) is 0 Å². The van der Waals surface area contributed by atoms with Gasteiger partial charge in [0.25, 0.3) is 5.56 Å². The first kappa shape index (κ1) is 12.4.